The molecule has 4 N–H and O–H groups in total. The van der Waals surface area contributed by atoms with E-state index in [1.165, 1.54) is 15.2 Å². The first-order chi connectivity index (χ1) is 13.6. The van der Waals surface area contributed by atoms with Crippen molar-refractivity contribution >= 4 is 27.2 Å². The minimum atomic E-state index is -1.19. The number of aromatic nitrogens is 1. The molecule has 4 atom stereocenters. The number of nitrogens with one attached hydrogen (secondary N) is 1. The molecule has 148 valence electrons. The van der Waals surface area contributed by atoms with Crippen LogP contribution in [-0.4, -0.2) is 52.9 Å². The van der Waals surface area contributed by atoms with Crippen molar-refractivity contribution < 1.29 is 29.7 Å². The summed E-state index contributed by atoms with van der Waals surface area (Å²) in [6.07, 6.45) is -4.01. The molecule has 3 aromatic rings. The van der Waals surface area contributed by atoms with Crippen LogP contribution in [0.15, 0.2) is 48.5 Å². The van der Waals surface area contributed by atoms with E-state index in [9.17, 15) is 10.2 Å². The summed E-state index contributed by atoms with van der Waals surface area (Å²) in [5.41, 5.74) is 3.18. The highest BCUT2D eigenvalue weighted by Crippen LogP contribution is 2.29. The highest BCUT2D eigenvalue weighted by Gasteiger charge is 2.39. The Morgan fingerprint density at radius 3 is 2.39 bits per heavy atom. The summed E-state index contributed by atoms with van der Waals surface area (Å²) in [7, 11) is 2.06. The Bertz CT molecular complexity index is 945. The summed E-state index contributed by atoms with van der Waals surface area (Å²) in [5, 5.41) is 33.4. The highest BCUT2D eigenvalue weighted by atomic mass is 32.1. The van der Waals surface area contributed by atoms with Gasteiger partial charge in [-0.15, -0.1) is 0 Å². The molecule has 2 heterocycles. The van der Waals surface area contributed by atoms with Crippen LogP contribution in [0.5, 0.6) is 0 Å². The third-order valence-electron chi connectivity index (χ3n) is 4.97. The van der Waals surface area contributed by atoms with Gasteiger partial charge in [-0.05, 0) is 30.3 Å². The highest BCUT2D eigenvalue weighted by molar-refractivity contribution is 7.21. The quantitative estimate of drug-likeness (QED) is 0.378. The normalized spacial score (nSPS) is 25.1. The van der Waals surface area contributed by atoms with E-state index < -0.39 is 31.0 Å². The summed E-state index contributed by atoms with van der Waals surface area (Å²) >= 11 is 1.75. The predicted molar refractivity (Wildman–Crippen MR) is 106 cm³/mol. The van der Waals surface area contributed by atoms with E-state index in [0.29, 0.717) is 0 Å². The van der Waals surface area contributed by atoms with E-state index >= 15 is 0 Å². The zero-order chi connectivity index (χ0) is 19.7. The summed E-state index contributed by atoms with van der Waals surface area (Å²) in [5.74, 6) is 0. The number of para-hydroxylation sites is 1. The van der Waals surface area contributed by atoms with E-state index in [0.717, 1.165) is 11.3 Å². The van der Waals surface area contributed by atoms with E-state index in [2.05, 4.69) is 29.1 Å². The second-order valence-corrected chi connectivity index (χ2v) is 7.86. The van der Waals surface area contributed by atoms with Gasteiger partial charge < -0.3 is 20.6 Å². The van der Waals surface area contributed by atoms with Crippen LogP contribution in [-0.2, 0) is 16.8 Å². The molecule has 0 spiro atoms. The van der Waals surface area contributed by atoms with Crippen LogP contribution >= 0.6 is 11.3 Å². The Labute approximate surface area is 166 Å². The lowest BCUT2D eigenvalue weighted by atomic mass is 10.0. The van der Waals surface area contributed by atoms with Gasteiger partial charge in [-0.2, -0.15) is 4.57 Å². The molecule has 0 amide bonds. The maximum atomic E-state index is 10.1. The minimum Gasteiger partial charge on any atom is -0.393 e. The number of anilines is 1. The molecule has 4 rings (SSSR count). The molecule has 0 saturated carbocycles. The molecule has 0 aliphatic carbocycles. The Morgan fingerprint density at radius 1 is 1.00 bits per heavy atom. The molecule has 7 nitrogen and oxygen atoms in total. The maximum absolute atomic E-state index is 10.1. The number of hydrogen-bond donors (Lipinski definition) is 4. The predicted octanol–water partition coefficient (Wildman–Crippen LogP) is 1.22. The van der Waals surface area contributed by atoms with Crippen LogP contribution in [0.3, 0.4) is 0 Å². The zero-order valence-corrected chi connectivity index (χ0v) is 16.2. The van der Waals surface area contributed by atoms with Gasteiger partial charge in [0.05, 0.1) is 12.2 Å². The minimum absolute atomic E-state index is 0.256. The van der Waals surface area contributed by atoms with Crippen LogP contribution in [0.2, 0.25) is 0 Å². The van der Waals surface area contributed by atoms with Gasteiger partial charge in [0.25, 0.3) is 5.01 Å². The molecule has 4 unspecified atom stereocenters. The van der Waals surface area contributed by atoms with E-state index in [1.54, 1.807) is 11.3 Å². The fourth-order valence-electron chi connectivity index (χ4n) is 3.29. The van der Waals surface area contributed by atoms with Crippen LogP contribution in [0.4, 0.5) is 5.69 Å². The van der Waals surface area contributed by atoms with Crippen LogP contribution in [0.25, 0.3) is 20.8 Å². The van der Waals surface area contributed by atoms with Gasteiger partial charge in [-0.3, -0.25) is 0 Å². The lowest BCUT2D eigenvalue weighted by Gasteiger charge is -2.35. The number of rotatable bonds is 5. The van der Waals surface area contributed by atoms with Crippen LogP contribution in [0.1, 0.15) is 0 Å². The van der Waals surface area contributed by atoms with E-state index in [4.69, 9.17) is 14.9 Å². The van der Waals surface area contributed by atoms with Gasteiger partial charge in [0.15, 0.2) is 0 Å². The van der Waals surface area contributed by atoms with E-state index in [1.807, 2.05) is 36.4 Å². The maximum Gasteiger partial charge on any atom is 0.269 e. The SMILES string of the molecule is C[n+]1c(-c2ccc(NCC3OOC(CO)C(O)C3O)cc2)sc2ccccc21. The largest absolute Gasteiger partial charge is 0.393 e. The Kier molecular flexibility index (Phi) is 5.58. The fraction of sp³-hybridized carbons (Fsp3) is 0.350. The molecule has 1 fully saturated rings. The number of fused-ring (bicyclic) bond motifs is 1. The molecule has 1 saturated heterocycles. The lowest BCUT2D eigenvalue weighted by Crippen LogP contribution is -2.55. The number of benzene rings is 2. The number of aliphatic hydroxyl groups excluding tert-OH is 3. The average Bonchev–Trinajstić information content (AvgIpc) is 3.06. The standard InChI is InChI=1S/C20H22N2O5S/c1-22-14-4-2-3-5-17(14)28-20(22)12-6-8-13(9-7-12)21-10-15-18(24)19(25)16(11-23)27-26-15/h2-9,15-16,18-19,23-25H,10-11H2,1H3/p+1. The molecule has 1 aromatic heterocycles. The summed E-state index contributed by atoms with van der Waals surface area (Å²) in [4.78, 5) is 10.0. The van der Waals surface area contributed by atoms with Gasteiger partial charge in [-0.25, -0.2) is 9.78 Å². The van der Waals surface area contributed by atoms with Crippen LogP contribution in [0, 0.1) is 0 Å². The molecule has 1 aliphatic rings. The first kappa shape index (κ1) is 19.3. The lowest BCUT2D eigenvalue weighted by molar-refractivity contribution is -0.629. The Morgan fingerprint density at radius 2 is 1.68 bits per heavy atom. The van der Waals surface area contributed by atoms with Crippen molar-refractivity contribution in [2.75, 3.05) is 18.5 Å². The van der Waals surface area contributed by atoms with Crippen molar-refractivity contribution in [3.63, 3.8) is 0 Å². The van der Waals surface area contributed by atoms with Crippen molar-refractivity contribution in [1.29, 1.82) is 0 Å². The second-order valence-electron chi connectivity index (χ2n) is 6.83. The molecule has 0 radical (unpaired) electrons. The first-order valence-electron chi connectivity index (χ1n) is 9.09. The first-order valence-corrected chi connectivity index (χ1v) is 9.91. The molecule has 0 bridgehead atoms. The zero-order valence-electron chi connectivity index (χ0n) is 15.4. The molecule has 2 aromatic carbocycles. The van der Waals surface area contributed by atoms with Crippen molar-refractivity contribution in [2.24, 2.45) is 7.05 Å². The molecule has 28 heavy (non-hydrogen) atoms. The topological polar surface area (TPSA) is 95.1 Å². The van der Waals surface area contributed by atoms with Crippen molar-refractivity contribution in [3.8, 4) is 10.6 Å². The summed E-state index contributed by atoms with van der Waals surface area (Å²) in [6.45, 7) is -0.165. The van der Waals surface area contributed by atoms with Gasteiger partial charge in [-0.1, -0.05) is 23.5 Å². The third-order valence-corrected chi connectivity index (χ3v) is 6.24. The molecular weight excluding hydrogens is 380 g/mol. The molecular formula is C20H23N2O5S+. The molecule has 8 heteroatoms. The van der Waals surface area contributed by atoms with Gasteiger partial charge >= 0.3 is 0 Å². The smallest absolute Gasteiger partial charge is 0.269 e. The summed E-state index contributed by atoms with van der Waals surface area (Å²) in [6, 6.07) is 16.3. The molecule has 1 aliphatic heterocycles. The van der Waals surface area contributed by atoms with Crippen molar-refractivity contribution in [1.82, 2.24) is 0 Å². The Hall–Kier alpha value is -2.07. The average molecular weight is 403 g/mol. The monoisotopic (exact) mass is 403 g/mol. The van der Waals surface area contributed by atoms with Crippen molar-refractivity contribution in [3.05, 3.63) is 48.5 Å². The van der Waals surface area contributed by atoms with Gasteiger partial charge in [0.1, 0.15) is 36.2 Å². The number of aryl methyl sites for hydroxylation is 1. The van der Waals surface area contributed by atoms with Gasteiger partial charge in [0, 0.05) is 18.3 Å². The number of nitrogens with zero attached hydrogens (tertiary/aromatic N) is 1. The third kappa shape index (κ3) is 3.62. The van der Waals surface area contributed by atoms with Gasteiger partial charge in [0.2, 0.25) is 5.52 Å². The van der Waals surface area contributed by atoms with Crippen molar-refractivity contribution in [2.45, 2.75) is 24.4 Å². The number of aliphatic hydroxyl groups is 3. The van der Waals surface area contributed by atoms with E-state index in [-0.39, 0.29) is 6.54 Å². The summed E-state index contributed by atoms with van der Waals surface area (Å²) < 4.78 is 3.43. The Balaban J connectivity index is 1.43. The fourth-order valence-corrected chi connectivity index (χ4v) is 4.45. The number of thiazole rings is 1. The second kappa shape index (κ2) is 8.12. The number of hydrogen-bond acceptors (Lipinski definition) is 7. The van der Waals surface area contributed by atoms with Crippen LogP contribution < -0.4 is 9.88 Å².